The Bertz CT molecular complexity index is 511. The molecule has 1 saturated heterocycles. The fraction of sp³-hybridized carbons (Fsp3) is 0.500. The topological polar surface area (TPSA) is 70.2 Å². The van der Waals surface area contributed by atoms with E-state index in [1.807, 2.05) is 20.8 Å². The summed E-state index contributed by atoms with van der Waals surface area (Å²) in [5.74, 6) is 0.0630. The second-order valence-corrected chi connectivity index (χ2v) is 6.46. The molecule has 1 fully saturated rings. The summed E-state index contributed by atoms with van der Waals surface area (Å²) in [6.45, 7) is 7.24. The van der Waals surface area contributed by atoms with E-state index >= 15 is 0 Å². The minimum atomic E-state index is -0.428. The van der Waals surface area contributed by atoms with Gasteiger partial charge in [0.2, 0.25) is 11.8 Å². The molecule has 5 nitrogen and oxygen atoms in total. The number of hydrogen-bond donors (Lipinski definition) is 3. The van der Waals surface area contributed by atoms with Gasteiger partial charge in [0, 0.05) is 23.3 Å². The van der Waals surface area contributed by atoms with Gasteiger partial charge in [-0.05, 0) is 37.2 Å². The molecule has 0 aromatic heterocycles. The molecule has 1 unspecified atom stereocenters. The molecule has 1 heterocycles. The van der Waals surface area contributed by atoms with Crippen molar-refractivity contribution in [2.24, 2.45) is 11.3 Å². The summed E-state index contributed by atoms with van der Waals surface area (Å²) < 4.78 is 0. The van der Waals surface area contributed by atoms with E-state index in [-0.39, 0.29) is 17.7 Å². The van der Waals surface area contributed by atoms with E-state index in [1.54, 1.807) is 24.3 Å². The zero-order valence-corrected chi connectivity index (χ0v) is 12.8. The first-order valence-electron chi connectivity index (χ1n) is 7.29. The highest BCUT2D eigenvalue weighted by molar-refractivity contribution is 5.95. The first kappa shape index (κ1) is 15.5. The molecule has 1 atom stereocenters. The first-order valence-corrected chi connectivity index (χ1v) is 7.29. The maximum absolute atomic E-state index is 12.0. The lowest BCUT2D eigenvalue weighted by Gasteiger charge is -2.18. The minimum absolute atomic E-state index is 0.0312. The predicted molar refractivity (Wildman–Crippen MR) is 84.1 cm³/mol. The maximum atomic E-state index is 12.0. The van der Waals surface area contributed by atoms with Gasteiger partial charge in [-0.1, -0.05) is 20.8 Å². The SMILES string of the molecule is CC(C)(C)C(=O)Nc1ccc(NC(=O)C2CCNC2)cc1. The fourth-order valence-electron chi connectivity index (χ4n) is 2.08. The van der Waals surface area contributed by atoms with Crippen molar-refractivity contribution < 1.29 is 9.59 Å². The molecule has 21 heavy (non-hydrogen) atoms. The van der Waals surface area contributed by atoms with Gasteiger partial charge in [0.1, 0.15) is 0 Å². The Balaban J connectivity index is 1.92. The summed E-state index contributed by atoms with van der Waals surface area (Å²) in [5, 5.41) is 8.93. The van der Waals surface area contributed by atoms with Crippen LogP contribution in [0.2, 0.25) is 0 Å². The zero-order valence-electron chi connectivity index (χ0n) is 12.8. The van der Waals surface area contributed by atoms with Crippen LogP contribution in [0.15, 0.2) is 24.3 Å². The Morgan fingerprint density at radius 1 is 1.10 bits per heavy atom. The van der Waals surface area contributed by atoms with Crippen molar-refractivity contribution in [2.45, 2.75) is 27.2 Å². The third kappa shape index (κ3) is 4.29. The Morgan fingerprint density at radius 2 is 1.67 bits per heavy atom. The van der Waals surface area contributed by atoms with Crippen LogP contribution in [0, 0.1) is 11.3 Å². The van der Waals surface area contributed by atoms with Crippen LogP contribution in [-0.4, -0.2) is 24.9 Å². The number of anilines is 2. The summed E-state index contributed by atoms with van der Waals surface area (Å²) in [6.07, 6.45) is 0.881. The number of benzene rings is 1. The molecule has 1 aliphatic rings. The molecule has 5 heteroatoms. The smallest absolute Gasteiger partial charge is 0.229 e. The largest absolute Gasteiger partial charge is 0.326 e. The summed E-state index contributed by atoms with van der Waals surface area (Å²) >= 11 is 0. The van der Waals surface area contributed by atoms with Gasteiger partial charge in [-0.3, -0.25) is 9.59 Å². The van der Waals surface area contributed by atoms with Crippen LogP contribution in [-0.2, 0) is 9.59 Å². The van der Waals surface area contributed by atoms with E-state index in [0.29, 0.717) is 0 Å². The Labute approximate surface area is 125 Å². The van der Waals surface area contributed by atoms with Crippen LogP contribution >= 0.6 is 0 Å². The molecule has 0 radical (unpaired) electrons. The standard InChI is InChI=1S/C16H23N3O2/c1-16(2,3)15(21)19-13-6-4-12(5-7-13)18-14(20)11-8-9-17-10-11/h4-7,11,17H,8-10H2,1-3H3,(H,18,20)(H,19,21). The lowest BCUT2D eigenvalue weighted by Crippen LogP contribution is -2.27. The Hall–Kier alpha value is -1.88. The highest BCUT2D eigenvalue weighted by Crippen LogP contribution is 2.19. The van der Waals surface area contributed by atoms with Crippen LogP contribution in [0.4, 0.5) is 11.4 Å². The highest BCUT2D eigenvalue weighted by atomic mass is 16.2. The maximum Gasteiger partial charge on any atom is 0.229 e. The lowest BCUT2D eigenvalue weighted by molar-refractivity contribution is -0.123. The van der Waals surface area contributed by atoms with Crippen LogP contribution < -0.4 is 16.0 Å². The lowest BCUT2D eigenvalue weighted by atomic mass is 9.95. The van der Waals surface area contributed by atoms with Crippen molar-refractivity contribution in [2.75, 3.05) is 23.7 Å². The van der Waals surface area contributed by atoms with Crippen LogP contribution in [0.25, 0.3) is 0 Å². The summed E-state index contributed by atoms with van der Waals surface area (Å²) in [4.78, 5) is 23.9. The zero-order chi connectivity index (χ0) is 15.5. The Kier molecular flexibility index (Phi) is 4.63. The molecule has 1 aliphatic heterocycles. The molecule has 114 valence electrons. The molecule has 0 spiro atoms. The number of hydrogen-bond acceptors (Lipinski definition) is 3. The van der Waals surface area contributed by atoms with Gasteiger partial charge in [-0.25, -0.2) is 0 Å². The van der Waals surface area contributed by atoms with Crippen molar-refractivity contribution in [3.05, 3.63) is 24.3 Å². The van der Waals surface area contributed by atoms with E-state index in [2.05, 4.69) is 16.0 Å². The number of carbonyl (C=O) groups excluding carboxylic acids is 2. The molecule has 2 amide bonds. The third-order valence-corrected chi connectivity index (χ3v) is 3.52. The molecule has 1 aromatic carbocycles. The normalized spacial score (nSPS) is 18.3. The quantitative estimate of drug-likeness (QED) is 0.799. The van der Waals surface area contributed by atoms with E-state index in [1.165, 1.54) is 0 Å². The molecular formula is C16H23N3O2. The van der Waals surface area contributed by atoms with E-state index < -0.39 is 5.41 Å². The molecule has 1 aromatic rings. The van der Waals surface area contributed by atoms with Gasteiger partial charge in [0.25, 0.3) is 0 Å². The summed E-state index contributed by atoms with van der Waals surface area (Å²) in [7, 11) is 0. The van der Waals surface area contributed by atoms with Crippen LogP contribution in [0.5, 0.6) is 0 Å². The minimum Gasteiger partial charge on any atom is -0.326 e. The van der Waals surface area contributed by atoms with Gasteiger partial charge in [-0.2, -0.15) is 0 Å². The van der Waals surface area contributed by atoms with Crippen molar-refractivity contribution in [3.8, 4) is 0 Å². The van der Waals surface area contributed by atoms with Gasteiger partial charge in [0.05, 0.1) is 5.92 Å². The van der Waals surface area contributed by atoms with Crippen LogP contribution in [0.3, 0.4) is 0 Å². The van der Waals surface area contributed by atoms with E-state index in [0.717, 1.165) is 30.9 Å². The monoisotopic (exact) mass is 289 g/mol. The molecular weight excluding hydrogens is 266 g/mol. The van der Waals surface area contributed by atoms with Crippen molar-refractivity contribution in [3.63, 3.8) is 0 Å². The molecule has 2 rings (SSSR count). The fourth-order valence-corrected chi connectivity index (χ4v) is 2.08. The third-order valence-electron chi connectivity index (χ3n) is 3.52. The molecule has 0 aliphatic carbocycles. The second-order valence-electron chi connectivity index (χ2n) is 6.46. The highest BCUT2D eigenvalue weighted by Gasteiger charge is 2.23. The number of nitrogens with one attached hydrogen (secondary N) is 3. The first-order chi connectivity index (χ1) is 9.86. The van der Waals surface area contributed by atoms with Crippen molar-refractivity contribution in [1.29, 1.82) is 0 Å². The van der Waals surface area contributed by atoms with Gasteiger partial charge >= 0.3 is 0 Å². The Morgan fingerprint density at radius 3 is 2.14 bits per heavy atom. The molecule has 3 N–H and O–H groups in total. The van der Waals surface area contributed by atoms with Gasteiger partial charge in [-0.15, -0.1) is 0 Å². The number of carbonyl (C=O) groups is 2. The van der Waals surface area contributed by atoms with E-state index in [4.69, 9.17) is 0 Å². The average Bonchev–Trinajstić information content (AvgIpc) is 2.94. The predicted octanol–water partition coefficient (Wildman–Crippen LogP) is 2.22. The average molecular weight is 289 g/mol. The second kappa shape index (κ2) is 6.26. The van der Waals surface area contributed by atoms with Gasteiger partial charge < -0.3 is 16.0 Å². The van der Waals surface area contributed by atoms with Crippen LogP contribution in [0.1, 0.15) is 27.2 Å². The van der Waals surface area contributed by atoms with Crippen molar-refractivity contribution in [1.82, 2.24) is 5.32 Å². The molecule has 0 saturated carbocycles. The van der Waals surface area contributed by atoms with Crippen molar-refractivity contribution >= 4 is 23.2 Å². The summed E-state index contributed by atoms with van der Waals surface area (Å²) in [5.41, 5.74) is 1.05. The number of rotatable bonds is 3. The van der Waals surface area contributed by atoms with Gasteiger partial charge in [0.15, 0.2) is 0 Å². The summed E-state index contributed by atoms with van der Waals surface area (Å²) in [6, 6.07) is 7.20. The van der Waals surface area contributed by atoms with E-state index in [9.17, 15) is 9.59 Å². The number of amides is 2. The molecule has 0 bridgehead atoms.